The quantitative estimate of drug-likeness (QED) is 0.465. The number of rotatable bonds is 8. The molecule has 1 aliphatic carbocycles. The van der Waals surface area contributed by atoms with Crippen LogP contribution in [0.3, 0.4) is 0 Å². The first-order valence-electron chi connectivity index (χ1n) is 12.8. The minimum Gasteiger partial charge on any atom is -0.444 e. The maximum Gasteiger partial charge on any atom is 0.407 e. The minimum absolute atomic E-state index is 0.116. The molecule has 0 atom stereocenters. The highest BCUT2D eigenvalue weighted by Crippen LogP contribution is 2.41. The van der Waals surface area contributed by atoms with E-state index in [0.29, 0.717) is 12.4 Å². The summed E-state index contributed by atoms with van der Waals surface area (Å²) in [6, 6.07) is 7.85. The maximum absolute atomic E-state index is 12.2. The summed E-state index contributed by atoms with van der Waals surface area (Å²) >= 11 is 0. The summed E-state index contributed by atoms with van der Waals surface area (Å²) in [5.74, 6) is 1.43. The second-order valence-electron chi connectivity index (χ2n) is 11.9. The van der Waals surface area contributed by atoms with Gasteiger partial charge in [-0.05, 0) is 66.5 Å². The van der Waals surface area contributed by atoms with Crippen LogP contribution in [-0.2, 0) is 27.0 Å². The van der Waals surface area contributed by atoms with Gasteiger partial charge < -0.3 is 20.7 Å². The number of nitrogens with one attached hydrogen (secondary N) is 3. The lowest BCUT2D eigenvalue weighted by atomic mass is 9.85. The van der Waals surface area contributed by atoms with E-state index in [2.05, 4.69) is 54.7 Å². The Hall–Kier alpha value is -3.10. The first kappa shape index (κ1) is 27.5. The molecule has 9 heteroatoms. The highest BCUT2D eigenvalue weighted by molar-refractivity contribution is 5.77. The highest BCUT2D eigenvalue weighted by atomic mass is 16.6. The zero-order valence-corrected chi connectivity index (χ0v) is 22.8. The van der Waals surface area contributed by atoms with Crippen molar-refractivity contribution < 1.29 is 14.3 Å². The highest BCUT2D eigenvalue weighted by Gasteiger charge is 2.35. The molecule has 1 saturated carbocycles. The van der Waals surface area contributed by atoms with Crippen LogP contribution in [0, 0.1) is 0 Å². The molecular weight excluding hydrogens is 456 g/mol. The Morgan fingerprint density at radius 2 is 1.78 bits per heavy atom. The molecule has 198 valence electrons. The van der Waals surface area contributed by atoms with Gasteiger partial charge in [-0.25, -0.2) is 14.5 Å². The molecule has 0 aliphatic heterocycles. The number of alkyl carbamates (subject to hydrolysis) is 1. The average molecular weight is 499 g/mol. The van der Waals surface area contributed by atoms with Gasteiger partial charge in [0.1, 0.15) is 17.2 Å². The first-order valence-corrected chi connectivity index (χ1v) is 12.8. The SMILES string of the molecule is CC(C)(C)OC(=O)NCCC(=O)NCc1cccc(Nc2cc(C3(C)CCCC3)nn2C(C)(C)C)n1. The minimum atomic E-state index is -0.572. The van der Waals surface area contributed by atoms with E-state index >= 15 is 0 Å². The normalized spacial score (nSPS) is 15.4. The van der Waals surface area contributed by atoms with Gasteiger partial charge in [-0.2, -0.15) is 5.10 Å². The summed E-state index contributed by atoms with van der Waals surface area (Å²) in [6.45, 7) is 14.6. The monoisotopic (exact) mass is 498 g/mol. The standard InChI is InChI=1S/C27H42N6O3/c1-25(2,3)33-22(17-20(32-33)27(7)14-8-9-15-27)31-21-12-10-11-19(30-21)18-29-23(34)13-16-28-24(35)36-26(4,5)6/h10-12,17H,8-9,13-16,18H2,1-7H3,(H,28,35)(H,29,34)(H,30,31). The molecule has 36 heavy (non-hydrogen) atoms. The molecule has 0 unspecified atom stereocenters. The zero-order valence-electron chi connectivity index (χ0n) is 22.8. The Balaban J connectivity index is 1.59. The van der Waals surface area contributed by atoms with Crippen molar-refractivity contribution in [2.24, 2.45) is 0 Å². The van der Waals surface area contributed by atoms with Crippen LogP contribution in [-0.4, -0.2) is 38.9 Å². The fraction of sp³-hybridized carbons (Fsp3) is 0.630. The fourth-order valence-electron chi connectivity index (χ4n) is 4.34. The smallest absolute Gasteiger partial charge is 0.407 e. The molecule has 3 rings (SSSR count). The number of aromatic nitrogens is 3. The molecule has 2 aromatic rings. The number of nitrogens with zero attached hydrogens (tertiary/aromatic N) is 3. The third-order valence-corrected chi connectivity index (χ3v) is 6.22. The number of amides is 2. The van der Waals surface area contributed by atoms with Crippen molar-refractivity contribution >= 4 is 23.6 Å². The van der Waals surface area contributed by atoms with Gasteiger partial charge in [-0.3, -0.25) is 4.79 Å². The number of hydrogen-bond acceptors (Lipinski definition) is 6. The summed E-state index contributed by atoms with van der Waals surface area (Å²) in [5, 5.41) is 13.9. The second-order valence-corrected chi connectivity index (χ2v) is 11.9. The Morgan fingerprint density at radius 1 is 1.08 bits per heavy atom. The van der Waals surface area contributed by atoms with Gasteiger partial charge in [-0.15, -0.1) is 0 Å². The van der Waals surface area contributed by atoms with Gasteiger partial charge in [0.25, 0.3) is 0 Å². The van der Waals surface area contributed by atoms with Crippen molar-refractivity contribution in [1.29, 1.82) is 0 Å². The van der Waals surface area contributed by atoms with Crippen LogP contribution < -0.4 is 16.0 Å². The van der Waals surface area contributed by atoms with Gasteiger partial charge in [0.15, 0.2) is 0 Å². The molecule has 9 nitrogen and oxygen atoms in total. The fourth-order valence-corrected chi connectivity index (χ4v) is 4.34. The van der Waals surface area contributed by atoms with Crippen molar-refractivity contribution in [2.75, 3.05) is 11.9 Å². The number of hydrogen-bond donors (Lipinski definition) is 3. The molecule has 0 aromatic carbocycles. The van der Waals surface area contributed by atoms with E-state index in [1.165, 1.54) is 12.8 Å². The van der Waals surface area contributed by atoms with Crippen LogP contribution in [0.4, 0.5) is 16.4 Å². The van der Waals surface area contributed by atoms with E-state index in [0.717, 1.165) is 30.0 Å². The maximum atomic E-state index is 12.2. The van der Waals surface area contributed by atoms with Crippen molar-refractivity contribution in [2.45, 2.75) is 104 Å². The molecule has 1 fully saturated rings. The van der Waals surface area contributed by atoms with Gasteiger partial charge in [-0.1, -0.05) is 25.8 Å². The predicted octanol–water partition coefficient (Wildman–Crippen LogP) is 5.14. The largest absolute Gasteiger partial charge is 0.444 e. The summed E-state index contributed by atoms with van der Waals surface area (Å²) in [4.78, 5) is 28.6. The second kappa shape index (κ2) is 10.9. The van der Waals surface area contributed by atoms with Crippen LogP contribution >= 0.6 is 0 Å². The van der Waals surface area contributed by atoms with Crippen molar-refractivity contribution in [3.8, 4) is 0 Å². The molecule has 0 radical (unpaired) electrons. The van der Waals surface area contributed by atoms with Crippen molar-refractivity contribution in [3.05, 3.63) is 35.7 Å². The van der Waals surface area contributed by atoms with Crippen molar-refractivity contribution in [1.82, 2.24) is 25.4 Å². The number of carbonyl (C=O) groups excluding carboxylic acids is 2. The lowest BCUT2D eigenvalue weighted by Crippen LogP contribution is -2.35. The number of carbonyl (C=O) groups is 2. The molecule has 2 amide bonds. The third kappa shape index (κ3) is 7.70. The average Bonchev–Trinajstić information content (AvgIpc) is 3.39. The van der Waals surface area contributed by atoms with E-state index in [1.807, 2.05) is 22.9 Å². The summed E-state index contributed by atoms with van der Waals surface area (Å²) in [7, 11) is 0. The number of pyridine rings is 1. The number of ether oxygens (including phenoxy) is 1. The molecule has 1 aliphatic rings. The van der Waals surface area contributed by atoms with E-state index in [1.54, 1.807) is 20.8 Å². The van der Waals surface area contributed by atoms with Crippen LogP contribution in [0.25, 0.3) is 0 Å². The molecular formula is C27H42N6O3. The van der Waals surface area contributed by atoms with Gasteiger partial charge in [0.05, 0.1) is 23.5 Å². The Labute approximate surface area is 214 Å². The van der Waals surface area contributed by atoms with Gasteiger partial charge in [0, 0.05) is 24.4 Å². The Morgan fingerprint density at radius 3 is 2.42 bits per heavy atom. The summed E-state index contributed by atoms with van der Waals surface area (Å²) < 4.78 is 7.21. The Bertz CT molecular complexity index is 1060. The molecule has 0 bridgehead atoms. The van der Waals surface area contributed by atoms with E-state index in [9.17, 15) is 9.59 Å². The lowest BCUT2D eigenvalue weighted by molar-refractivity contribution is -0.121. The van der Waals surface area contributed by atoms with Crippen LogP contribution in [0.15, 0.2) is 24.3 Å². The van der Waals surface area contributed by atoms with Crippen LogP contribution in [0.5, 0.6) is 0 Å². The van der Waals surface area contributed by atoms with Crippen molar-refractivity contribution in [3.63, 3.8) is 0 Å². The topological polar surface area (TPSA) is 110 Å². The molecule has 0 spiro atoms. The van der Waals surface area contributed by atoms with Crippen LogP contribution in [0.2, 0.25) is 0 Å². The first-order chi connectivity index (χ1) is 16.7. The van der Waals surface area contributed by atoms with Gasteiger partial charge >= 0.3 is 6.09 Å². The van der Waals surface area contributed by atoms with Gasteiger partial charge in [0.2, 0.25) is 5.91 Å². The lowest BCUT2D eigenvalue weighted by Gasteiger charge is -2.24. The summed E-state index contributed by atoms with van der Waals surface area (Å²) in [6.07, 6.45) is 4.43. The summed E-state index contributed by atoms with van der Waals surface area (Å²) in [5.41, 5.74) is 1.22. The number of anilines is 2. The molecule has 2 aromatic heterocycles. The molecule has 3 N–H and O–H groups in total. The van der Waals surface area contributed by atoms with E-state index in [-0.39, 0.29) is 29.8 Å². The van der Waals surface area contributed by atoms with Crippen LogP contribution in [0.1, 0.15) is 92.0 Å². The van der Waals surface area contributed by atoms with E-state index < -0.39 is 11.7 Å². The zero-order chi connectivity index (χ0) is 26.6. The van der Waals surface area contributed by atoms with E-state index in [4.69, 9.17) is 9.84 Å². The Kier molecular flexibility index (Phi) is 8.31. The molecule has 0 saturated heterocycles. The third-order valence-electron chi connectivity index (χ3n) is 6.22. The molecule has 2 heterocycles. The predicted molar refractivity (Wildman–Crippen MR) is 141 cm³/mol.